The SMILES string of the molecule is O=C1CCC(Cc2ccc(Br)c(Br)c2)N1. The smallest absolute Gasteiger partial charge is 0.220 e. The van der Waals surface area contributed by atoms with Crippen molar-refractivity contribution in [3.8, 4) is 0 Å². The van der Waals surface area contributed by atoms with Crippen LogP contribution in [-0.4, -0.2) is 11.9 Å². The molecule has 0 spiro atoms. The number of carbonyl (C=O) groups excluding carboxylic acids is 1. The lowest BCUT2D eigenvalue weighted by Crippen LogP contribution is -2.27. The van der Waals surface area contributed by atoms with E-state index in [1.54, 1.807) is 0 Å². The lowest BCUT2D eigenvalue weighted by Gasteiger charge is -2.10. The van der Waals surface area contributed by atoms with Gasteiger partial charge < -0.3 is 5.32 Å². The molecule has 2 rings (SSSR count). The Hall–Kier alpha value is -0.350. The average molecular weight is 333 g/mol. The molecule has 1 aliphatic rings. The number of rotatable bonds is 2. The van der Waals surface area contributed by atoms with Gasteiger partial charge in [0.15, 0.2) is 0 Å². The van der Waals surface area contributed by atoms with Crippen molar-refractivity contribution in [2.24, 2.45) is 0 Å². The summed E-state index contributed by atoms with van der Waals surface area (Å²) < 4.78 is 2.12. The molecule has 1 fully saturated rings. The first kappa shape index (κ1) is 11.1. The minimum atomic E-state index is 0.177. The molecule has 1 aromatic carbocycles. The molecule has 1 heterocycles. The summed E-state index contributed by atoms with van der Waals surface area (Å²) in [5.74, 6) is 0.177. The van der Waals surface area contributed by atoms with Crippen LogP contribution >= 0.6 is 31.9 Å². The van der Waals surface area contributed by atoms with E-state index in [0.29, 0.717) is 12.5 Å². The Balaban J connectivity index is 2.05. The number of halogens is 2. The Morgan fingerprint density at radius 1 is 1.33 bits per heavy atom. The Labute approximate surface area is 106 Å². The van der Waals surface area contributed by atoms with Crippen molar-refractivity contribution in [1.29, 1.82) is 0 Å². The normalized spacial score (nSPS) is 20.4. The molecule has 0 aromatic heterocycles. The Morgan fingerprint density at radius 3 is 2.73 bits per heavy atom. The van der Waals surface area contributed by atoms with E-state index in [0.717, 1.165) is 21.8 Å². The first-order valence-electron chi connectivity index (χ1n) is 4.88. The van der Waals surface area contributed by atoms with Gasteiger partial charge in [-0.3, -0.25) is 4.79 Å². The summed E-state index contributed by atoms with van der Waals surface area (Å²) in [5, 5.41) is 2.97. The topological polar surface area (TPSA) is 29.1 Å². The Bertz CT molecular complexity index is 392. The van der Waals surface area contributed by atoms with Gasteiger partial charge in [-0.05, 0) is 62.4 Å². The zero-order valence-corrected chi connectivity index (χ0v) is 11.3. The van der Waals surface area contributed by atoms with Crippen LogP contribution < -0.4 is 5.32 Å². The third-order valence-electron chi connectivity index (χ3n) is 2.55. The molecule has 2 nitrogen and oxygen atoms in total. The first-order valence-corrected chi connectivity index (χ1v) is 6.47. The van der Waals surface area contributed by atoms with Gasteiger partial charge in [0.25, 0.3) is 0 Å². The fraction of sp³-hybridized carbons (Fsp3) is 0.364. The largest absolute Gasteiger partial charge is 0.353 e. The Kier molecular flexibility index (Phi) is 3.46. The molecule has 1 unspecified atom stereocenters. The van der Waals surface area contributed by atoms with E-state index in [1.807, 2.05) is 6.07 Å². The second-order valence-corrected chi connectivity index (χ2v) is 5.46. The van der Waals surface area contributed by atoms with Crippen LogP contribution in [0.15, 0.2) is 27.1 Å². The van der Waals surface area contributed by atoms with Crippen molar-refractivity contribution >= 4 is 37.8 Å². The molecular formula is C11H11Br2NO. The average Bonchev–Trinajstić information content (AvgIpc) is 2.58. The van der Waals surface area contributed by atoms with Crippen LogP contribution in [0.4, 0.5) is 0 Å². The van der Waals surface area contributed by atoms with Crippen LogP contribution in [0.1, 0.15) is 18.4 Å². The third-order valence-corrected chi connectivity index (χ3v) is 4.43. The van der Waals surface area contributed by atoms with Crippen LogP contribution in [0.25, 0.3) is 0 Å². The maximum absolute atomic E-state index is 11.0. The van der Waals surface area contributed by atoms with Crippen LogP contribution in [0.2, 0.25) is 0 Å². The van der Waals surface area contributed by atoms with E-state index in [4.69, 9.17) is 0 Å². The summed E-state index contributed by atoms with van der Waals surface area (Å²) in [4.78, 5) is 11.0. The maximum Gasteiger partial charge on any atom is 0.220 e. The molecular weight excluding hydrogens is 322 g/mol. The highest BCUT2D eigenvalue weighted by molar-refractivity contribution is 9.13. The van der Waals surface area contributed by atoms with Crippen molar-refractivity contribution in [1.82, 2.24) is 5.32 Å². The van der Waals surface area contributed by atoms with E-state index in [1.165, 1.54) is 5.56 Å². The van der Waals surface area contributed by atoms with Crippen molar-refractivity contribution in [3.05, 3.63) is 32.7 Å². The summed E-state index contributed by atoms with van der Waals surface area (Å²) in [5.41, 5.74) is 1.25. The number of benzene rings is 1. The number of amides is 1. The predicted molar refractivity (Wildman–Crippen MR) is 66.7 cm³/mol. The van der Waals surface area contributed by atoms with Gasteiger partial charge in [-0.1, -0.05) is 6.07 Å². The summed E-state index contributed by atoms with van der Waals surface area (Å²) in [6, 6.07) is 6.51. The molecule has 80 valence electrons. The number of hydrogen-bond donors (Lipinski definition) is 1. The summed E-state index contributed by atoms with van der Waals surface area (Å²) in [6.45, 7) is 0. The van der Waals surface area contributed by atoms with E-state index in [-0.39, 0.29) is 5.91 Å². The molecule has 0 aliphatic carbocycles. The second-order valence-electron chi connectivity index (χ2n) is 3.76. The van der Waals surface area contributed by atoms with E-state index < -0.39 is 0 Å². The van der Waals surface area contributed by atoms with Crippen molar-refractivity contribution in [2.75, 3.05) is 0 Å². The second kappa shape index (κ2) is 4.66. The van der Waals surface area contributed by atoms with Gasteiger partial charge in [-0.2, -0.15) is 0 Å². The third kappa shape index (κ3) is 2.82. The highest BCUT2D eigenvalue weighted by atomic mass is 79.9. The minimum absolute atomic E-state index is 0.177. The summed E-state index contributed by atoms with van der Waals surface area (Å²) in [7, 11) is 0. The fourth-order valence-electron chi connectivity index (χ4n) is 1.78. The van der Waals surface area contributed by atoms with E-state index in [9.17, 15) is 4.79 Å². The molecule has 1 aliphatic heterocycles. The molecule has 1 atom stereocenters. The molecule has 4 heteroatoms. The highest BCUT2D eigenvalue weighted by Gasteiger charge is 2.20. The number of carbonyl (C=O) groups is 1. The molecule has 15 heavy (non-hydrogen) atoms. The lowest BCUT2D eigenvalue weighted by molar-refractivity contribution is -0.119. The molecule has 0 saturated carbocycles. The van der Waals surface area contributed by atoms with Gasteiger partial charge in [0.05, 0.1) is 0 Å². The molecule has 0 bridgehead atoms. The van der Waals surface area contributed by atoms with Gasteiger partial charge in [0.2, 0.25) is 5.91 Å². The number of hydrogen-bond acceptors (Lipinski definition) is 1. The van der Waals surface area contributed by atoms with Crippen molar-refractivity contribution in [3.63, 3.8) is 0 Å². The quantitative estimate of drug-likeness (QED) is 0.886. The summed E-state index contributed by atoms with van der Waals surface area (Å²) >= 11 is 6.91. The van der Waals surface area contributed by atoms with Crippen LogP contribution in [-0.2, 0) is 11.2 Å². The predicted octanol–water partition coefficient (Wildman–Crippen LogP) is 3.03. The molecule has 1 N–H and O–H groups in total. The minimum Gasteiger partial charge on any atom is -0.353 e. The molecule has 1 saturated heterocycles. The standard InChI is InChI=1S/C11H11Br2NO/c12-9-3-1-7(6-10(9)13)5-8-2-4-11(15)14-8/h1,3,6,8H,2,4-5H2,(H,14,15). The van der Waals surface area contributed by atoms with Gasteiger partial charge in [0.1, 0.15) is 0 Å². The molecule has 1 amide bonds. The maximum atomic E-state index is 11.0. The van der Waals surface area contributed by atoms with Crippen molar-refractivity contribution < 1.29 is 4.79 Å². The molecule has 0 radical (unpaired) electrons. The Morgan fingerprint density at radius 2 is 2.13 bits per heavy atom. The fourth-order valence-corrected chi connectivity index (χ4v) is 2.45. The highest BCUT2D eigenvalue weighted by Crippen LogP contribution is 2.25. The van der Waals surface area contributed by atoms with E-state index >= 15 is 0 Å². The van der Waals surface area contributed by atoms with Crippen LogP contribution in [0.3, 0.4) is 0 Å². The van der Waals surface area contributed by atoms with Gasteiger partial charge in [-0.15, -0.1) is 0 Å². The summed E-state index contributed by atoms with van der Waals surface area (Å²) in [6.07, 6.45) is 2.53. The van der Waals surface area contributed by atoms with Gasteiger partial charge >= 0.3 is 0 Å². The van der Waals surface area contributed by atoms with Crippen LogP contribution in [0.5, 0.6) is 0 Å². The van der Waals surface area contributed by atoms with Gasteiger partial charge in [0, 0.05) is 21.4 Å². The van der Waals surface area contributed by atoms with E-state index in [2.05, 4.69) is 49.3 Å². The molecule has 1 aromatic rings. The zero-order valence-electron chi connectivity index (χ0n) is 8.09. The monoisotopic (exact) mass is 331 g/mol. The first-order chi connectivity index (χ1) is 7.15. The van der Waals surface area contributed by atoms with Crippen LogP contribution in [0, 0.1) is 0 Å². The number of nitrogens with one attached hydrogen (secondary N) is 1. The zero-order chi connectivity index (χ0) is 10.8. The van der Waals surface area contributed by atoms with Crippen molar-refractivity contribution in [2.45, 2.75) is 25.3 Å². The van der Waals surface area contributed by atoms with Gasteiger partial charge in [-0.25, -0.2) is 0 Å². The lowest BCUT2D eigenvalue weighted by atomic mass is 10.1.